The number of imidazole rings is 1. The van der Waals surface area contributed by atoms with E-state index in [0.29, 0.717) is 17.9 Å². The van der Waals surface area contributed by atoms with Gasteiger partial charge in [-0.1, -0.05) is 13.0 Å². The number of piperidine rings is 1. The molecule has 1 fully saturated rings. The van der Waals surface area contributed by atoms with E-state index in [0.717, 1.165) is 31.9 Å². The summed E-state index contributed by atoms with van der Waals surface area (Å²) in [4.78, 5) is 30.4. The van der Waals surface area contributed by atoms with Gasteiger partial charge in [0.2, 0.25) is 5.95 Å². The zero-order valence-corrected chi connectivity index (χ0v) is 17.3. The number of amides is 1. The molecule has 1 saturated heterocycles. The number of rotatable bonds is 3. The van der Waals surface area contributed by atoms with Crippen molar-refractivity contribution in [2.75, 3.05) is 23.4 Å². The Hall–Kier alpha value is -3.36. The van der Waals surface area contributed by atoms with Crippen LogP contribution in [0.25, 0.3) is 17.3 Å². The summed E-state index contributed by atoms with van der Waals surface area (Å²) in [5, 5.41) is 0. The molecule has 31 heavy (non-hydrogen) atoms. The maximum atomic E-state index is 14.4. The highest BCUT2D eigenvalue weighted by atomic mass is 19.2. The number of fused-ring (bicyclic) bond motifs is 3. The number of carbonyl (C=O) groups is 1. The van der Waals surface area contributed by atoms with E-state index in [4.69, 9.17) is 4.98 Å². The summed E-state index contributed by atoms with van der Waals surface area (Å²) < 4.78 is 29.7. The Morgan fingerprint density at radius 1 is 1.19 bits per heavy atom. The number of carbonyl (C=O) groups excluding carboxylic acids is 1. The van der Waals surface area contributed by atoms with Crippen LogP contribution >= 0.6 is 0 Å². The van der Waals surface area contributed by atoms with Crippen LogP contribution in [-0.4, -0.2) is 44.6 Å². The van der Waals surface area contributed by atoms with Crippen LogP contribution in [0.4, 0.5) is 20.3 Å². The standard InChI is InChI=1S/C22H22F2N6O/c1-3-22-9-4-5-11-30(22)19-16(28(2)20(22)31)13-26-21(27-19)29-12-10-25-18(29)14-7-6-8-15(23)17(14)24/h6-8,10,12-13H,3-5,9,11H2,1-2H3/t22-/m0/s1. The molecule has 160 valence electrons. The third kappa shape index (κ3) is 2.75. The average Bonchev–Trinajstić information content (AvgIpc) is 3.28. The molecule has 0 radical (unpaired) electrons. The Morgan fingerprint density at radius 3 is 2.84 bits per heavy atom. The second kappa shape index (κ2) is 7.11. The molecule has 0 spiro atoms. The molecule has 1 aromatic carbocycles. The number of nitrogens with zero attached hydrogens (tertiary/aromatic N) is 6. The monoisotopic (exact) mass is 424 g/mol. The first-order chi connectivity index (χ1) is 15.0. The van der Waals surface area contributed by atoms with Gasteiger partial charge in [0.15, 0.2) is 17.5 Å². The van der Waals surface area contributed by atoms with Crippen LogP contribution in [0.15, 0.2) is 36.8 Å². The van der Waals surface area contributed by atoms with Crippen LogP contribution in [0.2, 0.25) is 0 Å². The van der Waals surface area contributed by atoms with Gasteiger partial charge in [-0.2, -0.15) is 4.98 Å². The topological polar surface area (TPSA) is 67.2 Å². The summed E-state index contributed by atoms with van der Waals surface area (Å²) in [6.07, 6.45) is 8.13. The van der Waals surface area contributed by atoms with Gasteiger partial charge >= 0.3 is 0 Å². The first kappa shape index (κ1) is 19.6. The van der Waals surface area contributed by atoms with Gasteiger partial charge in [0, 0.05) is 26.0 Å². The lowest BCUT2D eigenvalue weighted by atomic mass is 9.81. The highest BCUT2D eigenvalue weighted by Crippen LogP contribution is 2.44. The predicted octanol–water partition coefficient (Wildman–Crippen LogP) is 3.72. The van der Waals surface area contributed by atoms with Crippen LogP contribution in [0.5, 0.6) is 0 Å². The van der Waals surface area contributed by atoms with E-state index in [-0.39, 0.29) is 23.2 Å². The minimum absolute atomic E-state index is 0.0273. The van der Waals surface area contributed by atoms with E-state index in [1.165, 1.54) is 22.9 Å². The van der Waals surface area contributed by atoms with Crippen LogP contribution in [0, 0.1) is 11.6 Å². The smallest absolute Gasteiger partial charge is 0.252 e. The Bertz CT molecular complexity index is 1180. The molecular weight excluding hydrogens is 402 g/mol. The second-order valence-electron chi connectivity index (χ2n) is 7.96. The second-order valence-corrected chi connectivity index (χ2v) is 7.96. The molecule has 4 heterocycles. The fourth-order valence-electron chi connectivity index (χ4n) is 4.76. The molecule has 0 aliphatic carbocycles. The summed E-state index contributed by atoms with van der Waals surface area (Å²) in [5.41, 5.74) is 0.0516. The molecule has 5 rings (SSSR count). The van der Waals surface area contributed by atoms with Gasteiger partial charge in [0.1, 0.15) is 17.1 Å². The number of benzene rings is 1. The average molecular weight is 424 g/mol. The summed E-state index contributed by atoms with van der Waals surface area (Å²) in [6, 6.07) is 3.97. The predicted molar refractivity (Wildman–Crippen MR) is 112 cm³/mol. The molecule has 2 aliphatic heterocycles. The van der Waals surface area contributed by atoms with Crippen molar-refractivity contribution in [2.45, 2.75) is 38.1 Å². The molecule has 9 heteroatoms. The van der Waals surface area contributed by atoms with E-state index < -0.39 is 17.2 Å². The van der Waals surface area contributed by atoms with E-state index in [2.05, 4.69) is 14.9 Å². The third-order valence-electron chi connectivity index (χ3n) is 6.43. The van der Waals surface area contributed by atoms with Crippen molar-refractivity contribution in [2.24, 2.45) is 0 Å². The molecule has 1 atom stereocenters. The fourth-order valence-corrected chi connectivity index (χ4v) is 4.76. The summed E-state index contributed by atoms with van der Waals surface area (Å²) in [5.74, 6) is -0.693. The molecule has 2 aliphatic rings. The van der Waals surface area contributed by atoms with Crippen molar-refractivity contribution in [3.63, 3.8) is 0 Å². The molecule has 7 nitrogen and oxygen atoms in total. The van der Waals surface area contributed by atoms with Gasteiger partial charge in [-0.25, -0.2) is 18.7 Å². The van der Waals surface area contributed by atoms with Crippen molar-refractivity contribution in [3.8, 4) is 17.3 Å². The first-order valence-electron chi connectivity index (χ1n) is 10.4. The van der Waals surface area contributed by atoms with Gasteiger partial charge in [-0.15, -0.1) is 0 Å². The molecule has 1 amide bonds. The van der Waals surface area contributed by atoms with Crippen LogP contribution < -0.4 is 9.80 Å². The highest BCUT2D eigenvalue weighted by Gasteiger charge is 2.51. The van der Waals surface area contributed by atoms with E-state index >= 15 is 0 Å². The van der Waals surface area contributed by atoms with Crippen LogP contribution in [-0.2, 0) is 4.79 Å². The molecule has 0 bridgehead atoms. The molecule has 0 N–H and O–H groups in total. The number of halogens is 2. The van der Waals surface area contributed by atoms with Crippen molar-refractivity contribution in [3.05, 3.63) is 48.4 Å². The van der Waals surface area contributed by atoms with Crippen LogP contribution in [0.1, 0.15) is 32.6 Å². The largest absolute Gasteiger partial charge is 0.340 e. The zero-order chi connectivity index (χ0) is 21.8. The van der Waals surface area contributed by atoms with Gasteiger partial charge < -0.3 is 9.80 Å². The number of hydrogen-bond acceptors (Lipinski definition) is 5. The minimum Gasteiger partial charge on any atom is -0.340 e. The van der Waals surface area contributed by atoms with Gasteiger partial charge in [0.05, 0.1) is 11.8 Å². The maximum absolute atomic E-state index is 14.4. The summed E-state index contributed by atoms with van der Waals surface area (Å²) in [6.45, 7) is 2.75. The SMILES string of the molecule is CC[C@@]12CCCCN1c1nc(-n3ccnc3-c3cccc(F)c3F)ncc1N(C)C2=O. The number of anilines is 2. The quantitative estimate of drug-likeness (QED) is 0.641. The normalized spacial score (nSPS) is 20.6. The lowest BCUT2D eigenvalue weighted by molar-refractivity contribution is -0.124. The molecule has 0 unspecified atom stereocenters. The lowest BCUT2D eigenvalue weighted by Crippen LogP contribution is -2.64. The Labute approximate surface area is 178 Å². The molecule has 0 saturated carbocycles. The van der Waals surface area contributed by atoms with Crippen LogP contribution in [0.3, 0.4) is 0 Å². The fraction of sp³-hybridized carbons (Fsp3) is 0.364. The summed E-state index contributed by atoms with van der Waals surface area (Å²) in [7, 11) is 1.75. The maximum Gasteiger partial charge on any atom is 0.252 e. The van der Waals surface area contributed by atoms with E-state index in [1.54, 1.807) is 24.3 Å². The molecule has 3 aromatic rings. The Kier molecular flexibility index (Phi) is 4.49. The first-order valence-corrected chi connectivity index (χ1v) is 10.4. The molecular formula is C22H22F2N6O. The van der Waals surface area contributed by atoms with E-state index in [1.807, 2.05) is 6.92 Å². The van der Waals surface area contributed by atoms with Gasteiger partial charge in [0.25, 0.3) is 5.91 Å². The van der Waals surface area contributed by atoms with Gasteiger partial charge in [-0.05, 0) is 37.8 Å². The Morgan fingerprint density at radius 2 is 2.03 bits per heavy atom. The molecule has 2 aromatic heterocycles. The number of hydrogen-bond donors (Lipinski definition) is 0. The minimum atomic E-state index is -0.973. The summed E-state index contributed by atoms with van der Waals surface area (Å²) >= 11 is 0. The van der Waals surface area contributed by atoms with Crippen molar-refractivity contribution in [1.29, 1.82) is 0 Å². The zero-order valence-electron chi connectivity index (χ0n) is 17.3. The third-order valence-corrected chi connectivity index (χ3v) is 6.43. The van der Waals surface area contributed by atoms with Crippen molar-refractivity contribution < 1.29 is 13.6 Å². The van der Waals surface area contributed by atoms with Crippen molar-refractivity contribution in [1.82, 2.24) is 19.5 Å². The highest BCUT2D eigenvalue weighted by molar-refractivity contribution is 6.07. The van der Waals surface area contributed by atoms with E-state index in [9.17, 15) is 13.6 Å². The number of aromatic nitrogens is 4. The lowest BCUT2D eigenvalue weighted by Gasteiger charge is -2.51. The van der Waals surface area contributed by atoms with Gasteiger partial charge in [-0.3, -0.25) is 9.36 Å². The number of likely N-dealkylation sites (N-methyl/N-ethyl adjacent to an activating group) is 1. The Balaban J connectivity index is 1.66. The van der Waals surface area contributed by atoms with Crippen molar-refractivity contribution >= 4 is 17.4 Å².